The second kappa shape index (κ2) is 51.8. The Morgan fingerprint density at radius 1 is 0.292 bits per heavy atom. The largest absolute Gasteiger partial charge is 0.462 e. The number of hydrogen-bond donors (Lipinski definition) is 0. The van der Waals surface area contributed by atoms with Gasteiger partial charge in [0, 0.05) is 19.3 Å². The van der Waals surface area contributed by atoms with Gasteiger partial charge in [0.2, 0.25) is 0 Å². The number of unbranched alkanes of at least 4 members (excludes halogenated alkanes) is 38. The van der Waals surface area contributed by atoms with Crippen molar-refractivity contribution in [3.8, 4) is 0 Å². The Morgan fingerprint density at radius 3 is 0.754 bits per heavy atom. The summed E-state index contributed by atoms with van der Waals surface area (Å²) in [6.07, 6.45) is 55.3. The molecule has 0 unspecified atom stereocenters. The lowest BCUT2D eigenvalue weighted by molar-refractivity contribution is -0.167. The lowest BCUT2D eigenvalue weighted by atomic mass is 10.0. The first-order valence-corrected chi connectivity index (χ1v) is 29.2. The van der Waals surface area contributed by atoms with Crippen molar-refractivity contribution in [3.05, 3.63) is 0 Å². The van der Waals surface area contributed by atoms with E-state index in [1.807, 2.05) is 0 Å². The van der Waals surface area contributed by atoms with Crippen LogP contribution in [0.1, 0.15) is 330 Å². The van der Waals surface area contributed by atoms with Crippen LogP contribution in [0.2, 0.25) is 0 Å². The lowest BCUT2D eigenvalue weighted by Gasteiger charge is -2.18. The van der Waals surface area contributed by atoms with Gasteiger partial charge < -0.3 is 14.2 Å². The van der Waals surface area contributed by atoms with Crippen LogP contribution >= 0.6 is 0 Å². The number of rotatable bonds is 53. The molecule has 1 atom stereocenters. The molecular formula is C59H114O6. The molecule has 0 radical (unpaired) electrons. The molecule has 0 fully saturated rings. The molecule has 0 saturated heterocycles. The van der Waals surface area contributed by atoms with Crippen molar-refractivity contribution in [2.24, 2.45) is 11.8 Å². The summed E-state index contributed by atoms with van der Waals surface area (Å²) in [5.41, 5.74) is 0. The highest BCUT2D eigenvalue weighted by Crippen LogP contribution is 2.18. The Bertz CT molecular complexity index is 993. The molecule has 0 heterocycles. The predicted molar refractivity (Wildman–Crippen MR) is 280 cm³/mol. The van der Waals surface area contributed by atoms with E-state index < -0.39 is 6.10 Å². The number of carbonyl (C=O) groups excluding carboxylic acids is 3. The summed E-state index contributed by atoms with van der Waals surface area (Å²) in [6.45, 7) is 11.4. The third-order valence-electron chi connectivity index (χ3n) is 13.5. The average Bonchev–Trinajstić information content (AvgIpc) is 3.28. The summed E-state index contributed by atoms with van der Waals surface area (Å²) in [6, 6.07) is 0. The Morgan fingerprint density at radius 2 is 0.508 bits per heavy atom. The van der Waals surface area contributed by atoms with Crippen molar-refractivity contribution in [1.29, 1.82) is 0 Å². The first kappa shape index (κ1) is 63.4. The Kier molecular flexibility index (Phi) is 50.5. The van der Waals surface area contributed by atoms with Crippen LogP contribution in [-0.2, 0) is 28.6 Å². The van der Waals surface area contributed by atoms with E-state index in [9.17, 15) is 14.4 Å². The molecule has 0 amide bonds. The summed E-state index contributed by atoms with van der Waals surface area (Å²) in [5.74, 6) is 0.810. The maximum absolute atomic E-state index is 12.8. The van der Waals surface area contributed by atoms with E-state index >= 15 is 0 Å². The second-order valence-electron chi connectivity index (χ2n) is 21.2. The smallest absolute Gasteiger partial charge is 0.306 e. The fourth-order valence-corrected chi connectivity index (χ4v) is 9.05. The predicted octanol–water partition coefficient (Wildman–Crippen LogP) is 19.3. The van der Waals surface area contributed by atoms with E-state index in [1.165, 1.54) is 218 Å². The minimum Gasteiger partial charge on any atom is -0.462 e. The Hall–Kier alpha value is -1.59. The van der Waals surface area contributed by atoms with Crippen LogP contribution in [0.5, 0.6) is 0 Å². The van der Waals surface area contributed by atoms with Gasteiger partial charge in [0.15, 0.2) is 6.10 Å². The van der Waals surface area contributed by atoms with E-state index in [0.717, 1.165) is 69.6 Å². The van der Waals surface area contributed by atoms with Crippen LogP contribution in [0.4, 0.5) is 0 Å². The zero-order valence-electron chi connectivity index (χ0n) is 44.6. The first-order valence-electron chi connectivity index (χ1n) is 29.2. The van der Waals surface area contributed by atoms with Gasteiger partial charge in [-0.05, 0) is 31.1 Å². The SMILES string of the molecule is CCCCCCCCCCCCCCCCCCCCC(=O)OC[C@@H](COC(=O)CCCCCCCCCCCCCCCCC(C)C)OC(=O)CCCCCCCCCCCC(C)C. The topological polar surface area (TPSA) is 78.9 Å². The maximum Gasteiger partial charge on any atom is 0.306 e. The maximum atomic E-state index is 12.8. The third kappa shape index (κ3) is 53.2. The Balaban J connectivity index is 4.26. The molecule has 0 saturated carbocycles. The van der Waals surface area contributed by atoms with Gasteiger partial charge in [0.25, 0.3) is 0 Å². The van der Waals surface area contributed by atoms with Gasteiger partial charge >= 0.3 is 17.9 Å². The summed E-state index contributed by atoms with van der Waals surface area (Å²) >= 11 is 0. The normalized spacial score (nSPS) is 12.0. The molecule has 6 heteroatoms. The van der Waals surface area contributed by atoms with E-state index in [0.29, 0.717) is 19.3 Å². The highest BCUT2D eigenvalue weighted by molar-refractivity contribution is 5.71. The van der Waals surface area contributed by atoms with Crippen molar-refractivity contribution in [1.82, 2.24) is 0 Å². The van der Waals surface area contributed by atoms with Crippen molar-refractivity contribution in [2.75, 3.05) is 13.2 Å². The van der Waals surface area contributed by atoms with Crippen LogP contribution in [0.3, 0.4) is 0 Å². The number of hydrogen-bond acceptors (Lipinski definition) is 6. The summed E-state index contributed by atoms with van der Waals surface area (Å²) in [4.78, 5) is 38.1. The van der Waals surface area contributed by atoms with Gasteiger partial charge in [-0.25, -0.2) is 0 Å². The van der Waals surface area contributed by atoms with Crippen molar-refractivity contribution >= 4 is 17.9 Å². The van der Waals surface area contributed by atoms with Gasteiger partial charge in [0.05, 0.1) is 0 Å². The zero-order chi connectivity index (χ0) is 47.5. The molecule has 0 rings (SSSR count). The van der Waals surface area contributed by atoms with E-state index in [2.05, 4.69) is 34.6 Å². The van der Waals surface area contributed by atoms with Gasteiger partial charge in [-0.1, -0.05) is 291 Å². The van der Waals surface area contributed by atoms with E-state index in [4.69, 9.17) is 14.2 Å². The van der Waals surface area contributed by atoms with Crippen LogP contribution in [0.15, 0.2) is 0 Å². The molecule has 0 aliphatic rings. The average molecular weight is 920 g/mol. The summed E-state index contributed by atoms with van der Waals surface area (Å²) in [7, 11) is 0. The fourth-order valence-electron chi connectivity index (χ4n) is 9.05. The minimum absolute atomic E-state index is 0.0630. The highest BCUT2D eigenvalue weighted by atomic mass is 16.6. The molecule has 6 nitrogen and oxygen atoms in total. The molecule has 0 aromatic rings. The number of carbonyl (C=O) groups is 3. The van der Waals surface area contributed by atoms with Crippen LogP contribution in [0.25, 0.3) is 0 Å². The first-order chi connectivity index (χ1) is 31.7. The molecule has 0 aliphatic heterocycles. The molecule has 0 aromatic carbocycles. The summed E-state index contributed by atoms with van der Waals surface area (Å²) < 4.78 is 16.9. The summed E-state index contributed by atoms with van der Waals surface area (Å²) in [5, 5.41) is 0. The monoisotopic (exact) mass is 919 g/mol. The second-order valence-corrected chi connectivity index (χ2v) is 21.2. The van der Waals surface area contributed by atoms with Gasteiger partial charge in [0.1, 0.15) is 13.2 Å². The minimum atomic E-state index is -0.763. The van der Waals surface area contributed by atoms with Gasteiger partial charge in [-0.15, -0.1) is 0 Å². The number of ether oxygens (including phenoxy) is 3. The van der Waals surface area contributed by atoms with Gasteiger partial charge in [-0.3, -0.25) is 14.4 Å². The van der Waals surface area contributed by atoms with E-state index in [1.54, 1.807) is 0 Å². The molecule has 65 heavy (non-hydrogen) atoms. The van der Waals surface area contributed by atoms with Crippen molar-refractivity contribution in [3.63, 3.8) is 0 Å². The third-order valence-corrected chi connectivity index (χ3v) is 13.5. The number of esters is 3. The molecule has 386 valence electrons. The molecule has 0 aliphatic carbocycles. The quantitative estimate of drug-likeness (QED) is 0.0344. The van der Waals surface area contributed by atoms with Crippen molar-refractivity contribution < 1.29 is 28.6 Å². The van der Waals surface area contributed by atoms with Crippen LogP contribution in [0, 0.1) is 11.8 Å². The molecule has 0 bridgehead atoms. The standard InChI is InChI=1S/C59H114O6/c1-6-7-8-9-10-11-12-13-14-15-16-17-21-24-29-34-39-44-49-57(60)63-52-56(65-59(62)51-46-41-36-31-26-28-33-38-43-48-55(4)5)53-64-58(61)50-45-40-35-30-25-22-19-18-20-23-27-32-37-42-47-54(2)3/h54-56H,6-53H2,1-5H3/t56-/m0/s1. The fraction of sp³-hybridized carbons (Fsp3) is 0.949. The molecule has 0 N–H and O–H groups in total. The van der Waals surface area contributed by atoms with Gasteiger partial charge in [-0.2, -0.15) is 0 Å². The zero-order valence-corrected chi connectivity index (χ0v) is 44.6. The van der Waals surface area contributed by atoms with Crippen molar-refractivity contribution in [2.45, 2.75) is 336 Å². The molecule has 0 aromatic heterocycles. The van der Waals surface area contributed by atoms with E-state index in [-0.39, 0.29) is 31.1 Å². The Labute approximate surface area is 406 Å². The molecule has 0 spiro atoms. The van der Waals surface area contributed by atoms with Crippen LogP contribution in [-0.4, -0.2) is 37.2 Å². The lowest BCUT2D eigenvalue weighted by Crippen LogP contribution is -2.30. The molecular weight excluding hydrogens is 805 g/mol. The highest BCUT2D eigenvalue weighted by Gasteiger charge is 2.19. The van der Waals surface area contributed by atoms with Crippen LogP contribution < -0.4 is 0 Å².